The van der Waals surface area contributed by atoms with Gasteiger partial charge in [-0.15, -0.1) is 0 Å². The standard InChI is InChI=1S/C10H15FO2/c1-8(11)10(7-9(12)13)5-3-2-4-6-10/h1-7H2,(H,12,13). The van der Waals surface area contributed by atoms with Crippen molar-refractivity contribution in [2.24, 2.45) is 5.41 Å². The molecule has 0 amide bonds. The zero-order chi connectivity index (χ0) is 9.90. The van der Waals surface area contributed by atoms with Crippen LogP contribution in [0, 0.1) is 5.41 Å². The number of carbonyl (C=O) groups is 1. The van der Waals surface area contributed by atoms with Crippen molar-refractivity contribution in [3.63, 3.8) is 0 Å². The van der Waals surface area contributed by atoms with Crippen LogP contribution < -0.4 is 0 Å². The fourth-order valence-electron chi connectivity index (χ4n) is 2.06. The Kier molecular flexibility index (Phi) is 3.07. The highest BCUT2D eigenvalue weighted by molar-refractivity contribution is 5.68. The number of carboxylic acids is 1. The lowest BCUT2D eigenvalue weighted by atomic mass is 9.71. The van der Waals surface area contributed by atoms with Gasteiger partial charge in [-0.05, 0) is 12.8 Å². The summed E-state index contributed by atoms with van der Waals surface area (Å²) in [5.41, 5.74) is -0.760. The molecule has 0 aromatic heterocycles. The fourth-order valence-corrected chi connectivity index (χ4v) is 2.06. The molecule has 13 heavy (non-hydrogen) atoms. The third-order valence-electron chi connectivity index (χ3n) is 2.88. The molecule has 0 spiro atoms. The van der Waals surface area contributed by atoms with E-state index >= 15 is 0 Å². The minimum atomic E-state index is -0.930. The summed E-state index contributed by atoms with van der Waals surface area (Å²) in [6, 6.07) is 0. The van der Waals surface area contributed by atoms with Crippen molar-refractivity contribution in [2.75, 3.05) is 0 Å². The third-order valence-corrected chi connectivity index (χ3v) is 2.88. The summed E-state index contributed by atoms with van der Waals surface area (Å²) in [5, 5.41) is 8.67. The largest absolute Gasteiger partial charge is 0.481 e. The van der Waals surface area contributed by atoms with Gasteiger partial charge in [-0.3, -0.25) is 4.79 Å². The normalized spacial score (nSPS) is 21.0. The zero-order valence-corrected chi connectivity index (χ0v) is 7.68. The summed E-state index contributed by atoms with van der Waals surface area (Å²) in [7, 11) is 0. The van der Waals surface area contributed by atoms with Crippen molar-refractivity contribution in [1.29, 1.82) is 0 Å². The highest BCUT2D eigenvalue weighted by Crippen LogP contribution is 2.45. The van der Waals surface area contributed by atoms with Gasteiger partial charge >= 0.3 is 5.97 Å². The first-order valence-electron chi connectivity index (χ1n) is 4.63. The second kappa shape index (κ2) is 3.90. The second-order valence-electron chi connectivity index (χ2n) is 3.82. The Labute approximate surface area is 77.4 Å². The van der Waals surface area contributed by atoms with E-state index in [-0.39, 0.29) is 6.42 Å². The summed E-state index contributed by atoms with van der Waals surface area (Å²) < 4.78 is 13.1. The van der Waals surface area contributed by atoms with Crippen molar-refractivity contribution in [3.8, 4) is 0 Å². The van der Waals surface area contributed by atoms with Gasteiger partial charge in [0, 0.05) is 5.41 Å². The van der Waals surface area contributed by atoms with Crippen molar-refractivity contribution < 1.29 is 14.3 Å². The van der Waals surface area contributed by atoms with Crippen molar-refractivity contribution >= 4 is 5.97 Å². The highest BCUT2D eigenvalue weighted by Gasteiger charge is 2.37. The molecule has 1 rings (SSSR count). The first-order valence-corrected chi connectivity index (χ1v) is 4.63. The van der Waals surface area contributed by atoms with Crippen LogP contribution in [-0.2, 0) is 4.79 Å². The molecule has 0 unspecified atom stereocenters. The molecule has 1 fully saturated rings. The monoisotopic (exact) mass is 186 g/mol. The molecular weight excluding hydrogens is 171 g/mol. The van der Waals surface area contributed by atoms with Crippen LogP contribution in [0.4, 0.5) is 4.39 Å². The van der Waals surface area contributed by atoms with Crippen molar-refractivity contribution in [3.05, 3.63) is 12.4 Å². The van der Waals surface area contributed by atoms with Crippen LogP contribution in [0.2, 0.25) is 0 Å². The van der Waals surface area contributed by atoms with Gasteiger partial charge in [-0.25, -0.2) is 4.39 Å². The van der Waals surface area contributed by atoms with E-state index in [1.807, 2.05) is 0 Å². The van der Waals surface area contributed by atoms with Crippen LogP contribution in [0.1, 0.15) is 38.5 Å². The third kappa shape index (κ3) is 2.29. The predicted molar refractivity (Wildman–Crippen MR) is 48.0 cm³/mol. The summed E-state index contributed by atoms with van der Waals surface area (Å²) >= 11 is 0. The van der Waals surface area contributed by atoms with E-state index in [2.05, 4.69) is 6.58 Å². The van der Waals surface area contributed by atoms with E-state index in [9.17, 15) is 9.18 Å². The minimum Gasteiger partial charge on any atom is -0.481 e. The molecule has 0 aromatic carbocycles. The van der Waals surface area contributed by atoms with Crippen LogP contribution in [0.25, 0.3) is 0 Å². The van der Waals surface area contributed by atoms with E-state index in [1.54, 1.807) is 0 Å². The van der Waals surface area contributed by atoms with Crippen LogP contribution in [-0.4, -0.2) is 11.1 Å². The van der Waals surface area contributed by atoms with E-state index in [0.29, 0.717) is 12.8 Å². The van der Waals surface area contributed by atoms with Gasteiger partial charge in [0.15, 0.2) is 0 Å². The molecule has 1 aliphatic rings. The molecule has 0 saturated heterocycles. The average molecular weight is 186 g/mol. The minimum absolute atomic E-state index is 0.109. The first kappa shape index (κ1) is 10.2. The number of allylic oxidation sites excluding steroid dienone is 1. The molecule has 74 valence electrons. The molecule has 0 radical (unpaired) electrons. The van der Waals surface area contributed by atoms with Crippen LogP contribution in [0.15, 0.2) is 12.4 Å². The molecule has 0 bridgehead atoms. The Morgan fingerprint density at radius 3 is 2.31 bits per heavy atom. The molecule has 0 aliphatic heterocycles. The Hall–Kier alpha value is -0.860. The van der Waals surface area contributed by atoms with Crippen LogP contribution >= 0.6 is 0 Å². The zero-order valence-electron chi connectivity index (χ0n) is 7.68. The smallest absolute Gasteiger partial charge is 0.304 e. The van der Waals surface area contributed by atoms with Gasteiger partial charge in [0.25, 0.3) is 0 Å². The second-order valence-corrected chi connectivity index (χ2v) is 3.82. The van der Waals surface area contributed by atoms with Crippen molar-refractivity contribution in [1.82, 2.24) is 0 Å². The molecule has 0 atom stereocenters. The molecular formula is C10H15FO2. The maximum Gasteiger partial charge on any atom is 0.304 e. The molecule has 1 N–H and O–H groups in total. The number of hydrogen-bond donors (Lipinski definition) is 1. The van der Waals surface area contributed by atoms with Gasteiger partial charge in [-0.2, -0.15) is 0 Å². The van der Waals surface area contributed by atoms with Gasteiger partial charge in [-0.1, -0.05) is 25.8 Å². The quantitative estimate of drug-likeness (QED) is 0.735. The number of carboxylic acid groups (broad SMARTS) is 1. The Balaban J connectivity index is 2.73. The average Bonchev–Trinajstić information content (AvgIpc) is 2.04. The van der Waals surface area contributed by atoms with Gasteiger partial charge in [0.1, 0.15) is 0 Å². The summed E-state index contributed by atoms with van der Waals surface area (Å²) in [6.07, 6.45) is 4.06. The van der Waals surface area contributed by atoms with E-state index < -0.39 is 17.2 Å². The first-order chi connectivity index (χ1) is 6.07. The molecule has 0 heterocycles. The van der Waals surface area contributed by atoms with Crippen LogP contribution in [0.5, 0.6) is 0 Å². The maximum absolute atomic E-state index is 13.1. The Morgan fingerprint density at radius 2 is 1.92 bits per heavy atom. The van der Waals surface area contributed by atoms with E-state index in [0.717, 1.165) is 19.3 Å². The molecule has 0 aromatic rings. The predicted octanol–water partition coefficient (Wildman–Crippen LogP) is 2.89. The van der Waals surface area contributed by atoms with Gasteiger partial charge in [0.05, 0.1) is 12.2 Å². The number of halogens is 1. The SMILES string of the molecule is C=C(F)C1(CC(=O)O)CCCCC1. The van der Waals surface area contributed by atoms with Crippen LogP contribution in [0.3, 0.4) is 0 Å². The van der Waals surface area contributed by atoms with E-state index in [4.69, 9.17) is 5.11 Å². The fraction of sp³-hybridized carbons (Fsp3) is 0.700. The summed E-state index contributed by atoms with van der Waals surface area (Å²) in [6.45, 7) is 3.27. The lowest BCUT2D eigenvalue weighted by molar-refractivity contribution is -0.140. The maximum atomic E-state index is 13.1. The lowest BCUT2D eigenvalue weighted by Gasteiger charge is -2.34. The highest BCUT2D eigenvalue weighted by atomic mass is 19.1. The summed E-state index contributed by atoms with van der Waals surface area (Å²) in [4.78, 5) is 10.6. The van der Waals surface area contributed by atoms with Crippen molar-refractivity contribution in [2.45, 2.75) is 38.5 Å². The topological polar surface area (TPSA) is 37.3 Å². The summed E-state index contributed by atoms with van der Waals surface area (Å²) in [5.74, 6) is -1.38. The van der Waals surface area contributed by atoms with E-state index in [1.165, 1.54) is 0 Å². The number of rotatable bonds is 3. The number of aliphatic carboxylic acids is 1. The van der Waals surface area contributed by atoms with Gasteiger partial charge in [0.2, 0.25) is 0 Å². The molecule has 3 heteroatoms. The Bertz CT molecular complexity index is 217. The molecule has 2 nitrogen and oxygen atoms in total. The number of hydrogen-bond acceptors (Lipinski definition) is 1. The molecule has 1 saturated carbocycles. The van der Waals surface area contributed by atoms with Gasteiger partial charge < -0.3 is 5.11 Å². The molecule has 1 aliphatic carbocycles. The Morgan fingerprint density at radius 1 is 1.38 bits per heavy atom. The lowest BCUT2D eigenvalue weighted by Crippen LogP contribution is -2.27.